The van der Waals surface area contributed by atoms with Gasteiger partial charge in [0.15, 0.2) is 0 Å². The van der Waals surface area contributed by atoms with Gasteiger partial charge < -0.3 is 18.3 Å². The number of nitrogens with zero attached hydrogens (tertiary/aromatic N) is 4. The van der Waals surface area contributed by atoms with Gasteiger partial charge in [-0.25, -0.2) is 14.2 Å². The molecule has 0 amide bonds. The third kappa shape index (κ3) is 4.41. The summed E-state index contributed by atoms with van der Waals surface area (Å²) in [4.78, 5) is 43.1. The molecule has 0 radical (unpaired) electrons. The summed E-state index contributed by atoms with van der Waals surface area (Å²) in [5.74, 6) is -4.09. The minimum absolute atomic E-state index is 0.00219. The van der Waals surface area contributed by atoms with Gasteiger partial charge in [0.2, 0.25) is 11.5 Å². The van der Waals surface area contributed by atoms with Crippen molar-refractivity contribution in [3.05, 3.63) is 67.4 Å². The molecule has 0 aliphatic heterocycles. The molecule has 3 rings (SSSR count). The molecule has 150 valence electrons. The van der Waals surface area contributed by atoms with Gasteiger partial charge in [0.25, 0.3) is 0 Å². The van der Waals surface area contributed by atoms with Crippen LogP contribution in [0.25, 0.3) is 0 Å². The Kier molecular flexibility index (Phi) is 5.29. The van der Waals surface area contributed by atoms with Gasteiger partial charge in [0.1, 0.15) is 34.4 Å². The zero-order valence-electron chi connectivity index (χ0n) is 14.0. The molecule has 15 heteroatoms. The highest BCUT2D eigenvalue weighted by atomic mass is 16.7. The van der Waals surface area contributed by atoms with Crippen molar-refractivity contribution in [2.45, 2.75) is 13.2 Å². The molecule has 3 aromatic heterocycles. The molecule has 0 fully saturated rings. The number of hydrogen-bond donors (Lipinski definition) is 0. The summed E-state index contributed by atoms with van der Waals surface area (Å²) in [6.07, 6.45) is 0. The van der Waals surface area contributed by atoms with Crippen LogP contribution < -0.4 is 0 Å². The van der Waals surface area contributed by atoms with Crippen molar-refractivity contribution in [2.75, 3.05) is 0 Å². The van der Waals surface area contributed by atoms with Crippen LogP contribution >= 0.6 is 0 Å². The quantitative estimate of drug-likeness (QED) is 0.296. The Morgan fingerprint density at radius 1 is 0.828 bits per heavy atom. The number of rotatable bonds is 8. The molecule has 15 nitrogen and oxygen atoms in total. The van der Waals surface area contributed by atoms with E-state index < -0.39 is 58.3 Å². The number of nitro groups is 2. The van der Waals surface area contributed by atoms with Gasteiger partial charge in [-0.3, -0.25) is 20.2 Å². The van der Waals surface area contributed by atoms with E-state index in [1.807, 2.05) is 0 Å². The molecule has 0 aliphatic carbocycles. The van der Waals surface area contributed by atoms with Crippen LogP contribution in [-0.4, -0.2) is 32.1 Å². The lowest BCUT2D eigenvalue weighted by Gasteiger charge is -2.02. The summed E-state index contributed by atoms with van der Waals surface area (Å²) in [7, 11) is 0. The highest BCUT2D eigenvalue weighted by Gasteiger charge is 2.22. The van der Waals surface area contributed by atoms with Gasteiger partial charge in [0, 0.05) is 0 Å². The third-order valence-corrected chi connectivity index (χ3v) is 3.26. The molecule has 0 spiro atoms. The Morgan fingerprint density at radius 2 is 1.24 bits per heavy atom. The summed E-state index contributed by atoms with van der Waals surface area (Å²) in [5.41, 5.74) is -0.00439. The Morgan fingerprint density at radius 3 is 1.59 bits per heavy atom. The molecule has 0 bridgehead atoms. The highest BCUT2D eigenvalue weighted by molar-refractivity contribution is 5.87. The lowest BCUT2D eigenvalue weighted by molar-refractivity contribution is -0.402. The molecular weight excluding hydrogens is 400 g/mol. The van der Waals surface area contributed by atoms with Gasteiger partial charge in [0.05, 0.1) is 12.1 Å². The number of aromatic nitrogens is 2. The van der Waals surface area contributed by atoms with Crippen LogP contribution in [-0.2, 0) is 22.7 Å². The molecule has 0 atom stereocenters. The van der Waals surface area contributed by atoms with E-state index in [1.54, 1.807) is 0 Å². The van der Waals surface area contributed by atoms with Gasteiger partial charge in [-0.2, -0.15) is 0 Å². The third-order valence-electron chi connectivity index (χ3n) is 3.26. The maximum atomic E-state index is 11.8. The number of esters is 2. The molecule has 3 heterocycles. The normalized spacial score (nSPS) is 10.5. The zero-order chi connectivity index (χ0) is 21.0. The van der Waals surface area contributed by atoms with E-state index in [2.05, 4.69) is 14.9 Å². The van der Waals surface area contributed by atoms with E-state index in [0.29, 0.717) is 0 Å². The van der Waals surface area contributed by atoms with Crippen LogP contribution in [0.15, 0.2) is 37.7 Å². The molecule has 0 aromatic carbocycles. The molecule has 0 saturated carbocycles. The number of carbonyl (C=O) groups is 2. The van der Waals surface area contributed by atoms with Crippen LogP contribution in [0.3, 0.4) is 0 Å². The van der Waals surface area contributed by atoms with E-state index in [4.69, 9.17) is 18.3 Å². The Bertz CT molecular complexity index is 996. The first-order chi connectivity index (χ1) is 13.8. The molecule has 3 aromatic rings. The maximum Gasteiger partial charge on any atom is 0.433 e. The second-order valence-corrected chi connectivity index (χ2v) is 5.10. The van der Waals surface area contributed by atoms with Crippen LogP contribution in [0, 0.1) is 20.2 Å². The summed E-state index contributed by atoms with van der Waals surface area (Å²) in [5, 5.41) is 28.0. The van der Waals surface area contributed by atoms with Crippen LogP contribution in [0.5, 0.6) is 0 Å². The molecule has 0 saturated heterocycles. The lowest BCUT2D eigenvalue weighted by Crippen LogP contribution is -2.08. The number of hydrogen-bond acceptors (Lipinski definition) is 13. The van der Waals surface area contributed by atoms with Crippen LogP contribution in [0.4, 0.5) is 11.8 Å². The Hall–Kier alpha value is -4.56. The fourth-order valence-electron chi connectivity index (χ4n) is 1.92. The average Bonchev–Trinajstić information content (AvgIpc) is 3.44. The second-order valence-electron chi connectivity index (χ2n) is 5.10. The first-order valence-corrected chi connectivity index (χ1v) is 7.48. The fourth-order valence-corrected chi connectivity index (χ4v) is 1.92. The largest absolute Gasteiger partial charge is 0.453 e. The summed E-state index contributed by atoms with van der Waals surface area (Å²) >= 11 is 0. The summed E-state index contributed by atoms with van der Waals surface area (Å²) in [6.45, 7) is -0.925. The van der Waals surface area contributed by atoms with Crippen molar-refractivity contribution < 1.29 is 42.4 Å². The molecule has 0 N–H and O–H groups in total. The maximum absolute atomic E-state index is 11.8. The number of furan rings is 2. The summed E-state index contributed by atoms with van der Waals surface area (Å²) in [6, 6.07) is 4.09. The van der Waals surface area contributed by atoms with Gasteiger partial charge in [-0.15, -0.1) is 0 Å². The number of ether oxygens (including phenoxy) is 2. The minimum atomic E-state index is -1.01. The average molecular weight is 408 g/mol. The van der Waals surface area contributed by atoms with E-state index in [-0.39, 0.29) is 11.4 Å². The van der Waals surface area contributed by atoms with Crippen molar-refractivity contribution in [1.29, 1.82) is 0 Å². The monoisotopic (exact) mass is 408 g/mol. The second kappa shape index (κ2) is 7.99. The SMILES string of the molecule is O=C(OCc1nonc1COC(=O)c1ccc([N+](=O)[O-])o1)c1ccc([N+](=O)[O-])o1. The lowest BCUT2D eigenvalue weighted by atomic mass is 10.3. The molecule has 0 unspecified atom stereocenters. The Labute approximate surface area is 158 Å². The van der Waals surface area contributed by atoms with Crippen LogP contribution in [0.2, 0.25) is 0 Å². The topological polar surface area (TPSA) is 204 Å². The van der Waals surface area contributed by atoms with Crippen molar-refractivity contribution in [2.24, 2.45) is 0 Å². The predicted molar refractivity (Wildman–Crippen MR) is 83.3 cm³/mol. The first kappa shape index (κ1) is 19.2. The molecular formula is C14H8N4O11. The van der Waals surface area contributed by atoms with E-state index in [0.717, 1.165) is 24.3 Å². The standard InChI is InChI=1S/C14H8N4O11/c19-13(9-1-3-11(27-9)17(21)22)25-5-7-8(16-29-15-7)6-26-14(20)10-2-4-12(28-10)18(23)24/h1-4H,5-6H2. The van der Waals surface area contributed by atoms with E-state index in [9.17, 15) is 29.8 Å². The zero-order valence-corrected chi connectivity index (χ0v) is 14.0. The van der Waals surface area contributed by atoms with Crippen molar-refractivity contribution in [3.8, 4) is 0 Å². The van der Waals surface area contributed by atoms with Crippen LogP contribution in [0.1, 0.15) is 32.5 Å². The minimum Gasteiger partial charge on any atom is -0.453 e. The molecule has 29 heavy (non-hydrogen) atoms. The highest BCUT2D eigenvalue weighted by Crippen LogP contribution is 2.18. The van der Waals surface area contributed by atoms with E-state index >= 15 is 0 Å². The smallest absolute Gasteiger partial charge is 0.433 e. The first-order valence-electron chi connectivity index (χ1n) is 7.48. The van der Waals surface area contributed by atoms with E-state index in [1.165, 1.54) is 0 Å². The van der Waals surface area contributed by atoms with Gasteiger partial charge >= 0.3 is 23.7 Å². The fraction of sp³-hybridized carbons (Fsp3) is 0.143. The van der Waals surface area contributed by atoms with Crippen molar-refractivity contribution in [1.82, 2.24) is 10.3 Å². The van der Waals surface area contributed by atoms with Gasteiger partial charge in [-0.1, -0.05) is 10.3 Å². The Balaban J connectivity index is 1.56. The molecule has 0 aliphatic rings. The number of carbonyl (C=O) groups excluding carboxylic acids is 2. The predicted octanol–water partition coefficient (Wildman–Crippen LogP) is 1.79. The van der Waals surface area contributed by atoms with Crippen molar-refractivity contribution in [3.63, 3.8) is 0 Å². The van der Waals surface area contributed by atoms with Crippen molar-refractivity contribution >= 4 is 23.7 Å². The van der Waals surface area contributed by atoms with Gasteiger partial charge in [-0.05, 0) is 12.1 Å². The summed E-state index contributed by atoms with van der Waals surface area (Å²) < 4.78 is 23.6.